The molecule has 10 nitrogen and oxygen atoms in total. The van der Waals surface area contributed by atoms with Gasteiger partial charge in [0.1, 0.15) is 5.75 Å². The maximum Gasteiger partial charge on any atom is 0.416 e. The van der Waals surface area contributed by atoms with E-state index >= 15 is 0 Å². The number of fused-ring (bicyclic) bond motifs is 2. The van der Waals surface area contributed by atoms with Gasteiger partial charge in [-0.15, -0.1) is 0 Å². The molecule has 0 saturated carbocycles. The van der Waals surface area contributed by atoms with E-state index in [9.17, 15) is 18.0 Å². The van der Waals surface area contributed by atoms with Gasteiger partial charge in [0.2, 0.25) is 11.9 Å². The number of benzene rings is 3. The molecule has 2 saturated heterocycles. The number of halogens is 3. The van der Waals surface area contributed by atoms with Crippen LogP contribution in [0, 0.1) is 13.8 Å². The number of nitrogens with two attached hydrogens (primary N) is 1. The number of hydrogen-bond donors (Lipinski definition) is 2. The highest BCUT2D eigenvalue weighted by atomic mass is 19.4. The molecule has 7 rings (SSSR count). The van der Waals surface area contributed by atoms with Crippen molar-refractivity contribution in [2.75, 3.05) is 53.6 Å². The van der Waals surface area contributed by atoms with E-state index < -0.39 is 17.6 Å². The molecule has 0 bridgehead atoms. The summed E-state index contributed by atoms with van der Waals surface area (Å²) in [5, 5.41) is 4.61. The third-order valence-corrected chi connectivity index (χ3v) is 8.39. The van der Waals surface area contributed by atoms with Gasteiger partial charge in [0.15, 0.2) is 6.61 Å². The van der Waals surface area contributed by atoms with Crippen LogP contribution in [0.25, 0.3) is 21.8 Å². The molecule has 13 heteroatoms. The number of aryl methyl sites for hydroxylation is 2. The Balaban J connectivity index is 0.000000198. The molecule has 2 aliphatic heterocycles. The van der Waals surface area contributed by atoms with Gasteiger partial charge in [-0.2, -0.15) is 13.2 Å². The Kier molecular flexibility index (Phi) is 9.47. The Labute approximate surface area is 276 Å². The van der Waals surface area contributed by atoms with Crippen molar-refractivity contribution in [2.45, 2.75) is 45.7 Å². The molecule has 0 radical (unpaired) electrons. The Morgan fingerprint density at radius 3 is 1.83 bits per heavy atom. The molecule has 0 atom stereocenters. The molecule has 3 N–H and O–H groups in total. The Hall–Kier alpha value is -5.20. The minimum atomic E-state index is -4.41. The highest BCUT2D eigenvalue weighted by Gasteiger charge is 2.30. The first-order valence-corrected chi connectivity index (χ1v) is 16.0. The Morgan fingerprint density at radius 1 is 0.771 bits per heavy atom. The number of ether oxygens (including phenoxy) is 1. The third-order valence-electron chi connectivity index (χ3n) is 8.39. The van der Waals surface area contributed by atoms with E-state index in [-0.39, 0.29) is 12.4 Å². The van der Waals surface area contributed by atoms with Crippen LogP contribution in [0.2, 0.25) is 0 Å². The van der Waals surface area contributed by atoms with E-state index in [2.05, 4.69) is 35.1 Å². The molecule has 2 aromatic heterocycles. The van der Waals surface area contributed by atoms with Crippen LogP contribution in [0.5, 0.6) is 5.75 Å². The summed E-state index contributed by atoms with van der Waals surface area (Å²) in [5.74, 6) is 1.34. The van der Waals surface area contributed by atoms with Gasteiger partial charge in [0, 0.05) is 48.3 Å². The fourth-order valence-electron chi connectivity index (χ4n) is 5.83. The molecule has 3 aromatic carbocycles. The Morgan fingerprint density at radius 2 is 1.29 bits per heavy atom. The topological polar surface area (TPSA) is 122 Å². The van der Waals surface area contributed by atoms with E-state index in [1.807, 2.05) is 38.1 Å². The molecule has 4 heterocycles. The number of nitrogens with one attached hydrogen (secondary N) is 1. The van der Waals surface area contributed by atoms with Crippen LogP contribution >= 0.6 is 0 Å². The van der Waals surface area contributed by atoms with Crippen LogP contribution in [0.1, 0.15) is 42.6 Å². The zero-order valence-electron chi connectivity index (χ0n) is 26.8. The summed E-state index contributed by atoms with van der Waals surface area (Å²) in [6, 6.07) is 15.4. The number of nitrogens with zero attached hydrogens (tertiary/aromatic N) is 6. The highest BCUT2D eigenvalue weighted by molar-refractivity contribution is 5.95. The quantitative estimate of drug-likeness (QED) is 0.192. The number of nitrogen functional groups attached to an aromatic ring is 1. The van der Waals surface area contributed by atoms with Gasteiger partial charge in [-0.1, -0.05) is 0 Å². The number of carbonyl (C=O) groups excluding carboxylic acids is 1. The van der Waals surface area contributed by atoms with Crippen molar-refractivity contribution in [1.82, 2.24) is 19.9 Å². The van der Waals surface area contributed by atoms with E-state index in [4.69, 9.17) is 10.5 Å². The average molecular weight is 659 g/mol. The number of hydrogen-bond acceptors (Lipinski definition) is 9. The van der Waals surface area contributed by atoms with E-state index in [1.54, 1.807) is 12.1 Å². The van der Waals surface area contributed by atoms with Crippen molar-refractivity contribution >= 4 is 51.0 Å². The summed E-state index contributed by atoms with van der Waals surface area (Å²) < 4.78 is 43.1. The minimum absolute atomic E-state index is 0.181. The van der Waals surface area contributed by atoms with E-state index in [0.29, 0.717) is 5.69 Å². The van der Waals surface area contributed by atoms with E-state index in [0.717, 1.165) is 102 Å². The molecule has 5 aromatic rings. The minimum Gasteiger partial charge on any atom is -0.484 e. The molecule has 0 unspecified atom stereocenters. The first-order valence-electron chi connectivity index (χ1n) is 16.0. The van der Waals surface area contributed by atoms with Crippen molar-refractivity contribution in [3.8, 4) is 5.75 Å². The lowest BCUT2D eigenvalue weighted by atomic mass is 10.1. The SMILES string of the molecule is Cc1nc(N2CCCC2)nc2ccc(N)cc12.Cc1nc(N2CCCC2)nc2ccc(NC(=O)COc3ccc(C(F)(F)F)cc3)cc12. The molecule has 48 heavy (non-hydrogen) atoms. The lowest BCUT2D eigenvalue weighted by Crippen LogP contribution is -2.21. The van der Waals surface area contributed by atoms with Crippen LogP contribution in [0.4, 0.5) is 36.4 Å². The number of amides is 1. The fraction of sp³-hybridized carbons (Fsp3) is 0.343. The van der Waals surface area contributed by atoms with Crippen molar-refractivity contribution in [1.29, 1.82) is 0 Å². The molecule has 0 aliphatic carbocycles. The van der Waals surface area contributed by atoms with Gasteiger partial charge in [-0.25, -0.2) is 19.9 Å². The second kappa shape index (κ2) is 13.9. The number of carbonyl (C=O) groups is 1. The van der Waals surface area contributed by atoms with Gasteiger partial charge in [-0.3, -0.25) is 4.79 Å². The lowest BCUT2D eigenvalue weighted by Gasteiger charge is -2.16. The summed E-state index contributed by atoms with van der Waals surface area (Å²) >= 11 is 0. The summed E-state index contributed by atoms with van der Waals surface area (Å²) in [7, 11) is 0. The van der Waals surface area contributed by atoms with E-state index in [1.165, 1.54) is 25.0 Å². The zero-order valence-corrected chi connectivity index (χ0v) is 26.8. The van der Waals surface area contributed by atoms with Gasteiger partial charge >= 0.3 is 6.18 Å². The summed E-state index contributed by atoms with van der Waals surface area (Å²) in [6.07, 6.45) is 0.341. The first-order chi connectivity index (χ1) is 23.0. The van der Waals surface area contributed by atoms with Crippen LogP contribution in [0.3, 0.4) is 0 Å². The van der Waals surface area contributed by atoms with Crippen LogP contribution in [-0.4, -0.2) is 58.6 Å². The first kappa shape index (κ1) is 32.7. The lowest BCUT2D eigenvalue weighted by molar-refractivity contribution is -0.137. The largest absolute Gasteiger partial charge is 0.484 e. The monoisotopic (exact) mass is 658 g/mol. The molecule has 0 spiro atoms. The smallest absolute Gasteiger partial charge is 0.416 e. The van der Waals surface area contributed by atoms with Crippen LogP contribution in [0.15, 0.2) is 60.7 Å². The highest BCUT2D eigenvalue weighted by Crippen LogP contribution is 2.30. The van der Waals surface area contributed by atoms with Crippen molar-refractivity contribution in [3.63, 3.8) is 0 Å². The van der Waals surface area contributed by atoms with Crippen molar-refractivity contribution in [3.05, 3.63) is 77.6 Å². The van der Waals surface area contributed by atoms with Crippen molar-refractivity contribution in [2.24, 2.45) is 0 Å². The zero-order chi connectivity index (χ0) is 33.8. The molecule has 1 amide bonds. The molecule has 250 valence electrons. The summed E-state index contributed by atoms with van der Waals surface area (Å²) in [4.78, 5) is 35.1. The maximum atomic E-state index is 12.6. The predicted molar refractivity (Wildman–Crippen MR) is 181 cm³/mol. The third kappa shape index (κ3) is 7.67. The van der Waals surface area contributed by atoms with Crippen LogP contribution in [-0.2, 0) is 11.0 Å². The number of alkyl halides is 3. The van der Waals surface area contributed by atoms with Gasteiger partial charge < -0.3 is 25.6 Å². The molecular formula is C35H37F3N8O2. The van der Waals surface area contributed by atoms with Gasteiger partial charge in [0.25, 0.3) is 5.91 Å². The summed E-state index contributed by atoms with van der Waals surface area (Å²) in [5.41, 5.74) is 9.95. The molecular weight excluding hydrogens is 621 g/mol. The second-order valence-corrected chi connectivity index (χ2v) is 12.0. The number of rotatable bonds is 6. The Bertz CT molecular complexity index is 1920. The number of aromatic nitrogens is 4. The predicted octanol–water partition coefficient (Wildman–Crippen LogP) is 6.70. The van der Waals surface area contributed by atoms with Gasteiger partial charge in [-0.05, 0) is 100 Å². The molecule has 2 aliphatic rings. The van der Waals surface area contributed by atoms with Crippen molar-refractivity contribution < 1.29 is 22.7 Å². The normalized spacial score (nSPS) is 14.7. The summed E-state index contributed by atoms with van der Waals surface area (Å²) in [6.45, 7) is 7.65. The number of anilines is 4. The molecule has 2 fully saturated rings. The van der Waals surface area contributed by atoms with Crippen LogP contribution < -0.4 is 25.6 Å². The van der Waals surface area contributed by atoms with Gasteiger partial charge in [0.05, 0.1) is 28.0 Å². The fourth-order valence-corrected chi connectivity index (χ4v) is 5.83. The maximum absolute atomic E-state index is 12.6. The second-order valence-electron chi connectivity index (χ2n) is 12.0. The average Bonchev–Trinajstić information content (AvgIpc) is 3.80. The standard InChI is InChI=1S/C22H21F3N4O2.C13H16N4/c1-14-18-12-16(6-9-19(18)28-21(26-14)29-10-2-3-11-29)27-20(30)13-31-17-7-4-15(5-8-17)22(23,24)25;1-9-11-8-10(14)4-5-12(11)16-13(15-9)17-6-2-3-7-17/h4-9,12H,2-3,10-11,13H2,1H3,(H,27,30);4-5,8H,2-3,6-7,14H2,1H3.